The van der Waals surface area contributed by atoms with Gasteiger partial charge in [-0.25, -0.2) is 0 Å². The molecule has 3 nitrogen and oxygen atoms in total. The summed E-state index contributed by atoms with van der Waals surface area (Å²) in [5.74, 6) is 0.144. The molecule has 5 heteroatoms. The molecule has 0 spiro atoms. The Morgan fingerprint density at radius 2 is 1.84 bits per heavy atom. The summed E-state index contributed by atoms with van der Waals surface area (Å²) in [5, 5.41) is 14.1. The second kappa shape index (κ2) is 11.7. The van der Waals surface area contributed by atoms with E-state index in [2.05, 4.69) is 18.0 Å². The molecule has 0 aliphatic rings. The van der Waals surface area contributed by atoms with Gasteiger partial charge in [0.15, 0.2) is 0 Å². The van der Waals surface area contributed by atoms with Gasteiger partial charge < -0.3 is 10.4 Å². The van der Waals surface area contributed by atoms with Gasteiger partial charge in [0, 0.05) is 10.0 Å². The number of carbonyl (C=O) groups excluding carboxylic acids is 1. The Hall–Kier alpha value is -1.81. The summed E-state index contributed by atoms with van der Waals surface area (Å²) in [6.45, 7) is 9.74. The van der Waals surface area contributed by atoms with E-state index in [1.54, 1.807) is 6.08 Å². The molecule has 2 N–H and O–H groups in total. The molecule has 3 atom stereocenters. The highest BCUT2D eigenvalue weighted by molar-refractivity contribution is 6.30. The fourth-order valence-corrected chi connectivity index (χ4v) is 4.19. The van der Waals surface area contributed by atoms with Gasteiger partial charge in [-0.3, -0.25) is 4.79 Å². The lowest BCUT2D eigenvalue weighted by Gasteiger charge is -2.34. The third-order valence-electron chi connectivity index (χ3n) is 5.87. The number of aliphatic hydroxyl groups excluding tert-OH is 1. The van der Waals surface area contributed by atoms with E-state index in [9.17, 15) is 9.90 Å². The topological polar surface area (TPSA) is 49.3 Å². The summed E-state index contributed by atoms with van der Waals surface area (Å²) in [6.07, 6.45) is 3.70. The third kappa shape index (κ3) is 7.38. The van der Waals surface area contributed by atoms with Crippen molar-refractivity contribution in [2.24, 2.45) is 11.3 Å². The van der Waals surface area contributed by atoms with E-state index < -0.39 is 5.41 Å². The maximum absolute atomic E-state index is 13.3. The molecular formula is C26H33Cl2NO2. The number of hydrogen-bond donors (Lipinski definition) is 2. The first kappa shape index (κ1) is 25.5. The van der Waals surface area contributed by atoms with Crippen LogP contribution in [0.3, 0.4) is 0 Å². The van der Waals surface area contributed by atoms with Crippen LogP contribution in [0, 0.1) is 11.3 Å². The van der Waals surface area contributed by atoms with E-state index in [-0.39, 0.29) is 30.4 Å². The van der Waals surface area contributed by atoms with Gasteiger partial charge in [-0.1, -0.05) is 74.3 Å². The lowest BCUT2D eigenvalue weighted by Crippen LogP contribution is -2.48. The molecule has 0 saturated heterocycles. The van der Waals surface area contributed by atoms with Crippen molar-refractivity contribution in [3.05, 3.63) is 82.4 Å². The Morgan fingerprint density at radius 3 is 2.39 bits per heavy atom. The van der Waals surface area contributed by atoms with Gasteiger partial charge in [0.2, 0.25) is 5.91 Å². The van der Waals surface area contributed by atoms with Crippen molar-refractivity contribution in [2.75, 3.05) is 6.61 Å². The monoisotopic (exact) mass is 461 g/mol. The smallest absolute Gasteiger partial charge is 0.226 e. The van der Waals surface area contributed by atoms with Gasteiger partial charge in [0.1, 0.15) is 0 Å². The normalized spacial score (nSPS) is 15.2. The zero-order valence-electron chi connectivity index (χ0n) is 18.6. The summed E-state index contributed by atoms with van der Waals surface area (Å²) < 4.78 is 0. The molecule has 2 aromatic carbocycles. The number of aliphatic hydroxyl groups is 1. The van der Waals surface area contributed by atoms with E-state index in [0.29, 0.717) is 22.9 Å². The Labute approximate surface area is 196 Å². The van der Waals surface area contributed by atoms with E-state index in [1.807, 2.05) is 63.2 Å². The number of allylic oxidation sites excluding steroid dienone is 1. The summed E-state index contributed by atoms with van der Waals surface area (Å²) in [7, 11) is 0. The first-order chi connectivity index (χ1) is 14.7. The molecule has 3 unspecified atom stereocenters. The largest absolute Gasteiger partial charge is 0.394 e. The van der Waals surface area contributed by atoms with Crippen LogP contribution in [0.25, 0.3) is 0 Å². The maximum atomic E-state index is 13.3. The average Bonchev–Trinajstić information content (AvgIpc) is 2.72. The highest BCUT2D eigenvalue weighted by Crippen LogP contribution is 2.38. The predicted octanol–water partition coefficient (Wildman–Crippen LogP) is 6.43. The maximum Gasteiger partial charge on any atom is 0.226 e. The minimum absolute atomic E-state index is 0.0664. The highest BCUT2D eigenvalue weighted by Gasteiger charge is 2.36. The summed E-state index contributed by atoms with van der Waals surface area (Å²) >= 11 is 12.4. The molecule has 2 aromatic rings. The number of nitrogens with one attached hydrogen (secondary N) is 1. The third-order valence-corrected chi connectivity index (χ3v) is 6.36. The zero-order chi connectivity index (χ0) is 23.0. The molecular weight excluding hydrogens is 429 g/mol. The first-order valence-corrected chi connectivity index (χ1v) is 11.5. The Kier molecular flexibility index (Phi) is 9.61. The van der Waals surface area contributed by atoms with E-state index in [4.69, 9.17) is 23.2 Å². The number of halogens is 2. The number of rotatable bonds is 11. The molecule has 0 aliphatic heterocycles. The van der Waals surface area contributed by atoms with Crippen LogP contribution < -0.4 is 5.32 Å². The van der Waals surface area contributed by atoms with E-state index >= 15 is 0 Å². The summed E-state index contributed by atoms with van der Waals surface area (Å²) in [5.41, 5.74) is 1.56. The van der Waals surface area contributed by atoms with Crippen molar-refractivity contribution in [3.8, 4) is 0 Å². The van der Waals surface area contributed by atoms with Crippen LogP contribution >= 0.6 is 23.2 Å². The molecule has 0 fully saturated rings. The fourth-order valence-electron chi connectivity index (χ4n) is 3.87. The van der Waals surface area contributed by atoms with Gasteiger partial charge in [-0.15, -0.1) is 6.58 Å². The van der Waals surface area contributed by atoms with Gasteiger partial charge in [-0.2, -0.15) is 0 Å². The molecule has 0 radical (unpaired) electrons. The first-order valence-electron chi connectivity index (χ1n) is 10.7. The summed E-state index contributed by atoms with van der Waals surface area (Å²) in [4.78, 5) is 13.3. The van der Waals surface area contributed by atoms with Crippen molar-refractivity contribution in [1.29, 1.82) is 0 Å². The molecule has 0 saturated carbocycles. The fraction of sp³-hybridized carbons (Fsp3) is 0.423. The lowest BCUT2D eigenvalue weighted by molar-refractivity contribution is -0.132. The molecule has 1 amide bonds. The molecule has 0 aromatic heterocycles. The van der Waals surface area contributed by atoms with Crippen LogP contribution in [-0.2, 0) is 11.2 Å². The number of carbonyl (C=O) groups is 1. The molecule has 31 heavy (non-hydrogen) atoms. The minimum Gasteiger partial charge on any atom is -0.394 e. The average molecular weight is 462 g/mol. The predicted molar refractivity (Wildman–Crippen MR) is 131 cm³/mol. The number of hydrogen-bond acceptors (Lipinski definition) is 2. The van der Waals surface area contributed by atoms with Crippen molar-refractivity contribution < 1.29 is 9.90 Å². The Bertz CT molecular complexity index is 866. The Balaban J connectivity index is 2.36. The van der Waals surface area contributed by atoms with Crippen LogP contribution in [0.2, 0.25) is 10.0 Å². The van der Waals surface area contributed by atoms with Crippen molar-refractivity contribution in [1.82, 2.24) is 5.32 Å². The zero-order valence-corrected chi connectivity index (χ0v) is 20.1. The summed E-state index contributed by atoms with van der Waals surface area (Å²) in [6, 6.07) is 15.4. The molecule has 168 valence electrons. The van der Waals surface area contributed by atoms with Crippen molar-refractivity contribution in [3.63, 3.8) is 0 Å². The standard InChI is InChI=1S/C26H33Cl2NO2/c1-5-13-26(4,25(31)29-24(17-30)18(2)3)16-21(20-7-6-8-23(28)15-20)14-19-9-11-22(27)12-10-19/h5-12,15,18,21,24,30H,1,13-14,16-17H2,2-4H3,(H,29,31). The molecule has 0 bridgehead atoms. The minimum atomic E-state index is -0.677. The Morgan fingerprint density at radius 1 is 1.16 bits per heavy atom. The van der Waals surface area contributed by atoms with Crippen LogP contribution in [0.15, 0.2) is 61.2 Å². The number of amides is 1. The van der Waals surface area contributed by atoms with Gasteiger partial charge >= 0.3 is 0 Å². The lowest BCUT2D eigenvalue weighted by atomic mass is 9.73. The van der Waals surface area contributed by atoms with Crippen LogP contribution in [0.5, 0.6) is 0 Å². The van der Waals surface area contributed by atoms with Crippen LogP contribution in [0.1, 0.15) is 50.7 Å². The van der Waals surface area contributed by atoms with Crippen molar-refractivity contribution >= 4 is 29.1 Å². The molecule has 2 rings (SSSR count). The van der Waals surface area contributed by atoms with E-state index in [0.717, 1.165) is 17.5 Å². The van der Waals surface area contributed by atoms with Crippen molar-refractivity contribution in [2.45, 2.75) is 52.0 Å². The quantitative estimate of drug-likeness (QED) is 0.379. The second-order valence-electron chi connectivity index (χ2n) is 8.85. The van der Waals surface area contributed by atoms with Gasteiger partial charge in [0.05, 0.1) is 18.1 Å². The molecule has 0 aliphatic carbocycles. The molecule has 0 heterocycles. The highest BCUT2D eigenvalue weighted by atomic mass is 35.5. The SMILES string of the molecule is C=CCC(C)(CC(Cc1ccc(Cl)cc1)c1cccc(Cl)c1)C(=O)NC(CO)C(C)C. The van der Waals surface area contributed by atoms with E-state index in [1.165, 1.54) is 0 Å². The second-order valence-corrected chi connectivity index (χ2v) is 9.72. The number of benzene rings is 2. The van der Waals surface area contributed by atoms with Crippen LogP contribution in [0.4, 0.5) is 0 Å². The van der Waals surface area contributed by atoms with Gasteiger partial charge in [0.25, 0.3) is 0 Å². The van der Waals surface area contributed by atoms with Crippen LogP contribution in [-0.4, -0.2) is 23.7 Å². The van der Waals surface area contributed by atoms with Gasteiger partial charge in [-0.05, 0) is 66.5 Å².